The molecule has 1 atom stereocenters. The van der Waals surface area contributed by atoms with E-state index in [4.69, 9.17) is 4.74 Å². The first kappa shape index (κ1) is 21.8. The summed E-state index contributed by atoms with van der Waals surface area (Å²) in [5, 5.41) is 9.10. The fourth-order valence-electron chi connectivity index (χ4n) is 3.11. The van der Waals surface area contributed by atoms with Gasteiger partial charge in [0.2, 0.25) is 0 Å². The third-order valence-electron chi connectivity index (χ3n) is 4.50. The molecule has 0 saturated carbocycles. The normalized spacial score (nSPS) is 12.4. The second-order valence-electron chi connectivity index (χ2n) is 8.10. The standard InChI is InChI=1S/C23H27N3O3S/c1-23(2,3)29-21(27)11-10-18(16-8-6-5-7-9-16)25-22(28)17-14-20(30-15-17)19-12-13-24-26(19)4/h5-9,12-15,18H,10-11H2,1-4H3,(H,25,28). The molecule has 0 aliphatic carbocycles. The molecule has 7 heteroatoms. The summed E-state index contributed by atoms with van der Waals surface area (Å²) in [5.41, 5.74) is 1.98. The van der Waals surface area contributed by atoms with Crippen molar-refractivity contribution >= 4 is 23.2 Å². The van der Waals surface area contributed by atoms with Crippen LogP contribution in [0, 0.1) is 0 Å². The summed E-state index contributed by atoms with van der Waals surface area (Å²) in [4.78, 5) is 26.1. The minimum atomic E-state index is -0.526. The van der Waals surface area contributed by atoms with Crippen molar-refractivity contribution < 1.29 is 14.3 Å². The first-order valence-electron chi connectivity index (χ1n) is 9.87. The van der Waals surface area contributed by atoms with E-state index in [1.165, 1.54) is 11.3 Å². The molecule has 1 aromatic carbocycles. The summed E-state index contributed by atoms with van der Waals surface area (Å²) in [7, 11) is 1.87. The zero-order valence-electron chi connectivity index (χ0n) is 17.7. The number of hydrogen-bond acceptors (Lipinski definition) is 5. The number of aryl methyl sites for hydroxylation is 1. The van der Waals surface area contributed by atoms with Gasteiger partial charge >= 0.3 is 5.97 Å². The van der Waals surface area contributed by atoms with Crippen LogP contribution >= 0.6 is 11.3 Å². The van der Waals surface area contributed by atoms with Crippen molar-refractivity contribution in [1.82, 2.24) is 15.1 Å². The highest BCUT2D eigenvalue weighted by atomic mass is 32.1. The van der Waals surface area contributed by atoms with Gasteiger partial charge in [-0.2, -0.15) is 5.10 Å². The van der Waals surface area contributed by atoms with Crippen LogP contribution in [0.1, 0.15) is 55.6 Å². The lowest BCUT2D eigenvalue weighted by Crippen LogP contribution is -2.30. The largest absolute Gasteiger partial charge is 0.460 e. The first-order chi connectivity index (χ1) is 14.2. The molecule has 1 unspecified atom stereocenters. The van der Waals surface area contributed by atoms with Crippen LogP contribution in [0.3, 0.4) is 0 Å². The van der Waals surface area contributed by atoms with Crippen molar-refractivity contribution in [3.8, 4) is 10.6 Å². The molecule has 0 spiro atoms. The lowest BCUT2D eigenvalue weighted by Gasteiger charge is -2.22. The highest BCUT2D eigenvalue weighted by molar-refractivity contribution is 7.13. The predicted octanol–water partition coefficient (Wildman–Crippen LogP) is 4.74. The van der Waals surface area contributed by atoms with Gasteiger partial charge in [-0.3, -0.25) is 14.3 Å². The Kier molecular flexibility index (Phi) is 6.72. The second-order valence-corrected chi connectivity index (χ2v) is 9.01. The van der Waals surface area contributed by atoms with E-state index in [1.807, 2.05) is 75.7 Å². The maximum atomic E-state index is 12.9. The van der Waals surface area contributed by atoms with Crippen molar-refractivity contribution in [2.45, 2.75) is 45.3 Å². The van der Waals surface area contributed by atoms with Gasteiger partial charge in [0, 0.05) is 25.0 Å². The van der Waals surface area contributed by atoms with Gasteiger partial charge in [-0.15, -0.1) is 11.3 Å². The van der Waals surface area contributed by atoms with E-state index in [1.54, 1.807) is 10.9 Å². The van der Waals surface area contributed by atoms with Gasteiger partial charge in [-0.25, -0.2) is 0 Å². The molecule has 1 N–H and O–H groups in total. The van der Waals surface area contributed by atoms with E-state index in [2.05, 4.69) is 10.4 Å². The molecule has 0 aliphatic rings. The lowest BCUT2D eigenvalue weighted by atomic mass is 10.0. The molecule has 0 radical (unpaired) electrons. The predicted molar refractivity (Wildman–Crippen MR) is 118 cm³/mol. The molecule has 30 heavy (non-hydrogen) atoms. The van der Waals surface area contributed by atoms with E-state index in [9.17, 15) is 9.59 Å². The molecular formula is C23H27N3O3S. The third kappa shape index (κ3) is 5.79. The quantitative estimate of drug-likeness (QED) is 0.555. The minimum absolute atomic E-state index is 0.169. The fourth-order valence-corrected chi connectivity index (χ4v) is 4.05. The average molecular weight is 426 g/mol. The highest BCUT2D eigenvalue weighted by Crippen LogP contribution is 2.27. The van der Waals surface area contributed by atoms with Gasteiger partial charge in [-0.05, 0) is 44.9 Å². The van der Waals surface area contributed by atoms with Crippen LogP contribution < -0.4 is 5.32 Å². The Morgan fingerprint density at radius 3 is 2.57 bits per heavy atom. The minimum Gasteiger partial charge on any atom is -0.460 e. The SMILES string of the molecule is Cn1nccc1-c1cc(C(=O)NC(CCC(=O)OC(C)(C)C)c2ccccc2)cs1. The molecule has 1 amide bonds. The number of hydrogen-bond donors (Lipinski definition) is 1. The van der Waals surface area contributed by atoms with Gasteiger partial charge in [0.15, 0.2) is 0 Å². The summed E-state index contributed by atoms with van der Waals surface area (Å²) in [6.45, 7) is 5.54. The third-order valence-corrected chi connectivity index (χ3v) is 5.45. The average Bonchev–Trinajstić information content (AvgIpc) is 3.33. The number of rotatable bonds is 7. The Hall–Kier alpha value is -2.93. The van der Waals surface area contributed by atoms with Crippen LogP contribution in [0.5, 0.6) is 0 Å². The number of amides is 1. The van der Waals surface area contributed by atoms with E-state index >= 15 is 0 Å². The van der Waals surface area contributed by atoms with Crippen molar-refractivity contribution in [3.63, 3.8) is 0 Å². The molecular weight excluding hydrogens is 398 g/mol. The molecule has 0 saturated heterocycles. The number of carbonyl (C=O) groups is 2. The molecule has 0 bridgehead atoms. The summed E-state index contributed by atoms with van der Waals surface area (Å²) in [6, 6.07) is 13.2. The summed E-state index contributed by atoms with van der Waals surface area (Å²) < 4.78 is 7.19. The van der Waals surface area contributed by atoms with Crippen LogP contribution in [0.4, 0.5) is 0 Å². The number of thiophene rings is 1. The van der Waals surface area contributed by atoms with Crippen LogP contribution in [0.25, 0.3) is 10.6 Å². The summed E-state index contributed by atoms with van der Waals surface area (Å²) in [5.74, 6) is -0.440. The molecule has 6 nitrogen and oxygen atoms in total. The molecule has 2 heterocycles. The van der Waals surface area contributed by atoms with Crippen molar-refractivity contribution in [2.75, 3.05) is 0 Å². The number of nitrogens with one attached hydrogen (secondary N) is 1. The van der Waals surface area contributed by atoms with Crippen molar-refractivity contribution in [1.29, 1.82) is 0 Å². The van der Waals surface area contributed by atoms with Crippen LogP contribution in [-0.2, 0) is 16.6 Å². The molecule has 0 aliphatic heterocycles. The van der Waals surface area contributed by atoms with Crippen molar-refractivity contribution in [2.24, 2.45) is 7.05 Å². The zero-order valence-corrected chi connectivity index (χ0v) is 18.5. The molecule has 158 valence electrons. The summed E-state index contributed by atoms with van der Waals surface area (Å²) in [6.07, 6.45) is 2.42. The highest BCUT2D eigenvalue weighted by Gasteiger charge is 2.21. The number of aromatic nitrogens is 2. The second kappa shape index (κ2) is 9.26. The number of benzene rings is 1. The van der Waals surface area contributed by atoms with Gasteiger partial charge in [-0.1, -0.05) is 30.3 Å². The fraction of sp³-hybridized carbons (Fsp3) is 0.348. The number of nitrogens with zero attached hydrogens (tertiary/aromatic N) is 2. The number of carbonyl (C=O) groups excluding carboxylic acids is 2. The topological polar surface area (TPSA) is 73.2 Å². The van der Waals surface area contributed by atoms with E-state index in [0.29, 0.717) is 12.0 Å². The van der Waals surface area contributed by atoms with E-state index in [0.717, 1.165) is 16.1 Å². The maximum Gasteiger partial charge on any atom is 0.306 e. The Labute approximate surface area is 180 Å². The molecule has 3 rings (SSSR count). The number of ether oxygens (including phenoxy) is 1. The van der Waals surface area contributed by atoms with Gasteiger partial charge in [0.25, 0.3) is 5.91 Å². The van der Waals surface area contributed by atoms with Crippen LogP contribution in [-0.4, -0.2) is 27.3 Å². The van der Waals surface area contributed by atoms with Crippen LogP contribution in [0.15, 0.2) is 54.0 Å². The van der Waals surface area contributed by atoms with E-state index in [-0.39, 0.29) is 24.3 Å². The smallest absolute Gasteiger partial charge is 0.306 e. The Morgan fingerprint density at radius 1 is 1.20 bits per heavy atom. The number of esters is 1. The van der Waals surface area contributed by atoms with Gasteiger partial charge in [0.1, 0.15) is 5.60 Å². The van der Waals surface area contributed by atoms with Crippen molar-refractivity contribution in [3.05, 3.63) is 65.2 Å². The van der Waals surface area contributed by atoms with Gasteiger partial charge < -0.3 is 10.1 Å². The lowest BCUT2D eigenvalue weighted by molar-refractivity contribution is -0.155. The maximum absolute atomic E-state index is 12.9. The zero-order chi connectivity index (χ0) is 21.7. The Balaban J connectivity index is 1.71. The van der Waals surface area contributed by atoms with Gasteiger partial charge in [0.05, 0.1) is 22.2 Å². The van der Waals surface area contributed by atoms with E-state index < -0.39 is 5.60 Å². The first-order valence-corrected chi connectivity index (χ1v) is 10.8. The Bertz CT molecular complexity index is 1000. The monoisotopic (exact) mass is 425 g/mol. The van der Waals surface area contributed by atoms with Crippen LogP contribution in [0.2, 0.25) is 0 Å². The molecule has 3 aromatic rings. The summed E-state index contributed by atoms with van der Waals surface area (Å²) >= 11 is 1.50. The molecule has 0 fully saturated rings. The molecule has 2 aromatic heterocycles. The Morgan fingerprint density at radius 2 is 1.93 bits per heavy atom.